The number of hydrogen-bond donors (Lipinski definition) is 2. The van der Waals surface area contributed by atoms with Crippen molar-refractivity contribution in [3.63, 3.8) is 0 Å². The van der Waals surface area contributed by atoms with Crippen molar-refractivity contribution >= 4 is 21.8 Å². The fourth-order valence-electron chi connectivity index (χ4n) is 2.30. The maximum atomic E-state index is 11.6. The van der Waals surface area contributed by atoms with Crippen molar-refractivity contribution in [3.05, 3.63) is 0 Å². The third-order valence-corrected chi connectivity index (χ3v) is 4.50. The van der Waals surface area contributed by atoms with Crippen molar-refractivity contribution in [2.24, 2.45) is 5.41 Å². The number of aliphatic hydroxyl groups is 1. The highest BCUT2D eigenvalue weighted by Crippen LogP contribution is 2.39. The Bertz CT molecular complexity index is 269. The highest BCUT2D eigenvalue weighted by molar-refractivity contribution is 9.09. The Morgan fingerprint density at radius 3 is 2.39 bits per heavy atom. The molecule has 0 aromatic heterocycles. The number of nitrogens with one attached hydrogen (secondary N) is 1. The molecule has 0 atom stereocenters. The van der Waals surface area contributed by atoms with Crippen LogP contribution in [0.1, 0.15) is 58.8 Å². The molecular weight excluding hydrogens is 294 g/mol. The van der Waals surface area contributed by atoms with Crippen LogP contribution in [0.2, 0.25) is 0 Å². The number of carbonyl (C=O) groups is 1. The standard InChI is InChI=1S/C14H26BrNO2/c1-13(2)6-8-14(18,9-7-13)11-16-12(17)5-3-4-10-15/h18H,3-11H2,1-2H3,(H,16,17). The summed E-state index contributed by atoms with van der Waals surface area (Å²) >= 11 is 3.35. The fraction of sp³-hybridized carbons (Fsp3) is 0.929. The molecule has 0 radical (unpaired) electrons. The van der Waals surface area contributed by atoms with Crippen LogP contribution >= 0.6 is 15.9 Å². The highest BCUT2D eigenvalue weighted by Gasteiger charge is 2.36. The summed E-state index contributed by atoms with van der Waals surface area (Å²) < 4.78 is 0. The predicted octanol–water partition coefficient (Wildman–Crippen LogP) is 3.00. The third-order valence-electron chi connectivity index (χ3n) is 3.94. The van der Waals surface area contributed by atoms with Crippen LogP contribution in [0, 0.1) is 5.41 Å². The third kappa shape index (κ3) is 5.70. The Labute approximate surface area is 119 Å². The van der Waals surface area contributed by atoms with Crippen LogP contribution in [0.15, 0.2) is 0 Å². The molecule has 1 saturated carbocycles. The predicted molar refractivity (Wildman–Crippen MR) is 77.9 cm³/mol. The Balaban J connectivity index is 2.24. The second-order valence-corrected chi connectivity index (χ2v) is 7.10. The highest BCUT2D eigenvalue weighted by atomic mass is 79.9. The van der Waals surface area contributed by atoms with Crippen molar-refractivity contribution in [1.29, 1.82) is 0 Å². The number of halogens is 1. The van der Waals surface area contributed by atoms with Crippen molar-refractivity contribution in [2.75, 3.05) is 11.9 Å². The molecule has 106 valence electrons. The quantitative estimate of drug-likeness (QED) is 0.584. The molecule has 0 heterocycles. The van der Waals surface area contributed by atoms with Crippen molar-refractivity contribution in [3.8, 4) is 0 Å². The topological polar surface area (TPSA) is 49.3 Å². The lowest BCUT2D eigenvalue weighted by Crippen LogP contribution is -2.46. The molecule has 1 aliphatic carbocycles. The van der Waals surface area contributed by atoms with E-state index in [0.717, 1.165) is 43.9 Å². The summed E-state index contributed by atoms with van der Waals surface area (Å²) in [4.78, 5) is 11.6. The maximum Gasteiger partial charge on any atom is 0.220 e. The Hall–Kier alpha value is -0.0900. The zero-order valence-electron chi connectivity index (χ0n) is 11.6. The van der Waals surface area contributed by atoms with Crippen LogP contribution in [0.5, 0.6) is 0 Å². The SMILES string of the molecule is CC1(C)CCC(O)(CNC(=O)CCCCBr)CC1. The van der Waals surface area contributed by atoms with Crippen LogP contribution in [-0.4, -0.2) is 28.5 Å². The van der Waals surface area contributed by atoms with Gasteiger partial charge in [0.25, 0.3) is 0 Å². The Kier molecular flexibility index (Phi) is 6.12. The Morgan fingerprint density at radius 1 is 1.22 bits per heavy atom. The molecule has 0 saturated heterocycles. The van der Waals surface area contributed by atoms with Crippen LogP contribution in [0.3, 0.4) is 0 Å². The zero-order chi connectivity index (χ0) is 13.6. The molecule has 0 spiro atoms. The summed E-state index contributed by atoms with van der Waals surface area (Å²) in [6.07, 6.45) is 6.14. The van der Waals surface area contributed by atoms with Crippen LogP contribution in [-0.2, 0) is 4.79 Å². The smallest absolute Gasteiger partial charge is 0.220 e. The first kappa shape index (κ1) is 16.0. The number of amides is 1. The van der Waals surface area contributed by atoms with Crippen molar-refractivity contribution in [2.45, 2.75) is 64.4 Å². The lowest BCUT2D eigenvalue weighted by atomic mass is 9.71. The molecule has 2 N–H and O–H groups in total. The summed E-state index contributed by atoms with van der Waals surface area (Å²) in [5.41, 5.74) is -0.341. The maximum absolute atomic E-state index is 11.6. The van der Waals surface area contributed by atoms with Gasteiger partial charge in [0.2, 0.25) is 5.91 Å². The molecule has 0 unspecified atom stereocenters. The number of hydrogen-bond acceptors (Lipinski definition) is 2. The second-order valence-electron chi connectivity index (χ2n) is 6.31. The van der Waals surface area contributed by atoms with E-state index in [1.54, 1.807) is 0 Å². The number of unbranched alkanes of at least 4 members (excludes halogenated alkanes) is 1. The summed E-state index contributed by atoms with van der Waals surface area (Å²) in [5.74, 6) is 0.0641. The monoisotopic (exact) mass is 319 g/mol. The zero-order valence-corrected chi connectivity index (χ0v) is 13.2. The summed E-state index contributed by atoms with van der Waals surface area (Å²) in [5, 5.41) is 14.2. The summed E-state index contributed by atoms with van der Waals surface area (Å²) in [6.45, 7) is 4.90. The van der Waals surface area contributed by atoms with E-state index in [-0.39, 0.29) is 5.91 Å². The van der Waals surface area contributed by atoms with Gasteiger partial charge in [0.1, 0.15) is 0 Å². The van der Waals surface area contributed by atoms with E-state index in [0.29, 0.717) is 18.4 Å². The number of alkyl halides is 1. The summed E-state index contributed by atoms with van der Waals surface area (Å²) in [7, 11) is 0. The molecule has 1 amide bonds. The van der Waals surface area contributed by atoms with Gasteiger partial charge in [-0.05, 0) is 43.9 Å². The van der Waals surface area contributed by atoms with Crippen LogP contribution in [0.4, 0.5) is 0 Å². The van der Waals surface area contributed by atoms with E-state index < -0.39 is 5.60 Å². The minimum absolute atomic E-state index is 0.0641. The van der Waals surface area contributed by atoms with Gasteiger partial charge in [-0.3, -0.25) is 4.79 Å². The first-order valence-corrected chi connectivity index (χ1v) is 8.04. The molecule has 1 rings (SSSR count). The van der Waals surface area contributed by atoms with Crippen molar-refractivity contribution in [1.82, 2.24) is 5.32 Å². The number of rotatable bonds is 6. The van der Waals surface area contributed by atoms with Gasteiger partial charge >= 0.3 is 0 Å². The van der Waals surface area contributed by atoms with Gasteiger partial charge in [-0.15, -0.1) is 0 Å². The first-order valence-electron chi connectivity index (χ1n) is 6.92. The van der Waals surface area contributed by atoms with Gasteiger partial charge in [0.15, 0.2) is 0 Å². The van der Waals surface area contributed by atoms with Gasteiger partial charge in [-0.1, -0.05) is 29.8 Å². The van der Waals surface area contributed by atoms with Gasteiger partial charge in [0.05, 0.1) is 5.60 Å². The normalized spacial score (nSPS) is 21.6. The average Bonchev–Trinajstić information content (AvgIpc) is 2.32. The van der Waals surface area contributed by atoms with Crippen molar-refractivity contribution < 1.29 is 9.90 Å². The van der Waals surface area contributed by atoms with E-state index >= 15 is 0 Å². The lowest BCUT2D eigenvalue weighted by Gasteiger charge is -2.40. The van der Waals surface area contributed by atoms with E-state index in [2.05, 4.69) is 35.1 Å². The van der Waals surface area contributed by atoms with E-state index in [4.69, 9.17) is 0 Å². The molecule has 18 heavy (non-hydrogen) atoms. The molecule has 0 aliphatic heterocycles. The minimum atomic E-state index is -0.680. The van der Waals surface area contributed by atoms with Gasteiger partial charge in [-0.2, -0.15) is 0 Å². The first-order chi connectivity index (χ1) is 8.37. The Morgan fingerprint density at radius 2 is 1.83 bits per heavy atom. The lowest BCUT2D eigenvalue weighted by molar-refractivity contribution is -0.123. The van der Waals surface area contributed by atoms with Gasteiger partial charge in [-0.25, -0.2) is 0 Å². The average molecular weight is 320 g/mol. The minimum Gasteiger partial charge on any atom is -0.388 e. The molecule has 0 aromatic rings. The van der Waals surface area contributed by atoms with Crippen LogP contribution < -0.4 is 5.32 Å². The second kappa shape index (κ2) is 6.90. The van der Waals surface area contributed by atoms with Gasteiger partial charge < -0.3 is 10.4 Å². The molecule has 3 nitrogen and oxygen atoms in total. The van der Waals surface area contributed by atoms with E-state index in [9.17, 15) is 9.90 Å². The van der Waals surface area contributed by atoms with Crippen LogP contribution in [0.25, 0.3) is 0 Å². The van der Waals surface area contributed by atoms with E-state index in [1.807, 2.05) is 0 Å². The molecule has 0 aromatic carbocycles. The molecule has 4 heteroatoms. The van der Waals surface area contributed by atoms with Gasteiger partial charge in [0, 0.05) is 18.3 Å². The molecule has 0 bridgehead atoms. The molecule has 1 aliphatic rings. The number of carbonyl (C=O) groups excluding carboxylic acids is 1. The summed E-state index contributed by atoms with van der Waals surface area (Å²) in [6, 6.07) is 0. The molecule has 1 fully saturated rings. The molecular formula is C14H26BrNO2. The largest absolute Gasteiger partial charge is 0.388 e. The van der Waals surface area contributed by atoms with E-state index in [1.165, 1.54) is 0 Å². The fourth-order valence-corrected chi connectivity index (χ4v) is 2.70.